The molecule has 0 unspecified atom stereocenters. The maximum absolute atomic E-state index is 12.0. The van der Waals surface area contributed by atoms with Gasteiger partial charge < -0.3 is 4.52 Å². The van der Waals surface area contributed by atoms with Gasteiger partial charge in [0, 0.05) is 12.4 Å². The van der Waals surface area contributed by atoms with Crippen molar-refractivity contribution < 1.29 is 18.1 Å². The van der Waals surface area contributed by atoms with Crippen LogP contribution in [-0.4, -0.2) is 32.3 Å². The van der Waals surface area contributed by atoms with Gasteiger partial charge in [0.05, 0.1) is 12.6 Å². The Bertz CT molecular complexity index is 515. The summed E-state index contributed by atoms with van der Waals surface area (Å²) in [5.74, 6) is -1.33. The van der Waals surface area contributed by atoms with Gasteiger partial charge in [0.1, 0.15) is 5.69 Å². The molecule has 0 N–H and O–H groups in total. The van der Waals surface area contributed by atoms with E-state index in [-0.39, 0.29) is 11.7 Å². The summed E-state index contributed by atoms with van der Waals surface area (Å²) in [6.07, 6.45) is 0.650. The minimum atomic E-state index is -3.04. The highest BCUT2D eigenvalue weighted by atomic mass is 19.3. The van der Waals surface area contributed by atoms with E-state index in [0.29, 0.717) is 5.69 Å². The second-order valence-electron chi connectivity index (χ2n) is 3.05. The second-order valence-corrected chi connectivity index (χ2v) is 3.05. The predicted octanol–water partition coefficient (Wildman–Crippen LogP) is 0.903. The van der Waals surface area contributed by atoms with Crippen LogP contribution in [0.25, 0.3) is 11.5 Å². The molecule has 6 nitrogen and oxygen atoms in total. The predicted molar refractivity (Wildman–Crippen MR) is 50.0 cm³/mol. The third-order valence-electron chi connectivity index (χ3n) is 1.83. The van der Waals surface area contributed by atoms with E-state index in [1.807, 2.05) is 0 Å². The highest BCUT2D eigenvalue weighted by Gasteiger charge is 2.20. The summed E-state index contributed by atoms with van der Waals surface area (Å²) in [7, 11) is 0. The van der Waals surface area contributed by atoms with Crippen molar-refractivity contribution in [2.45, 2.75) is 12.8 Å². The summed E-state index contributed by atoms with van der Waals surface area (Å²) in [6, 6.07) is 0. The number of ketones is 1. The molecular weight excluding hydrogens is 234 g/mol. The standard InChI is InChI=1S/C9H6F2N4O2/c10-8(11)6(16)3-7-14-9(15-17-7)5-4-12-1-2-13-5/h1-2,4,8H,3H2. The molecule has 2 heterocycles. The van der Waals surface area contributed by atoms with Crippen molar-refractivity contribution >= 4 is 5.78 Å². The molecule has 0 amide bonds. The minimum absolute atomic E-state index is 0.107. The summed E-state index contributed by atoms with van der Waals surface area (Å²) in [5, 5.41) is 3.51. The molecule has 0 aliphatic rings. The van der Waals surface area contributed by atoms with E-state index in [1.165, 1.54) is 18.6 Å². The van der Waals surface area contributed by atoms with Crippen molar-refractivity contribution in [1.82, 2.24) is 20.1 Å². The Hall–Kier alpha value is -2.25. The number of nitrogens with zero attached hydrogens (tertiary/aromatic N) is 4. The van der Waals surface area contributed by atoms with Crippen molar-refractivity contribution in [3.8, 4) is 11.5 Å². The molecule has 0 aliphatic carbocycles. The number of carbonyl (C=O) groups excluding carboxylic acids is 1. The zero-order valence-electron chi connectivity index (χ0n) is 8.38. The van der Waals surface area contributed by atoms with E-state index in [1.54, 1.807) is 0 Å². The van der Waals surface area contributed by atoms with E-state index >= 15 is 0 Å². The highest BCUT2D eigenvalue weighted by Crippen LogP contribution is 2.12. The normalized spacial score (nSPS) is 10.8. The lowest BCUT2D eigenvalue weighted by atomic mass is 10.3. The first kappa shape index (κ1) is 11.2. The van der Waals surface area contributed by atoms with Gasteiger partial charge in [-0.05, 0) is 0 Å². The van der Waals surface area contributed by atoms with E-state index < -0.39 is 18.6 Å². The molecule has 17 heavy (non-hydrogen) atoms. The van der Waals surface area contributed by atoms with E-state index in [9.17, 15) is 13.6 Å². The zero-order chi connectivity index (χ0) is 12.3. The number of alkyl halides is 2. The largest absolute Gasteiger partial charge is 0.338 e. The topological polar surface area (TPSA) is 81.8 Å². The number of halogens is 2. The first-order chi connectivity index (χ1) is 8.16. The van der Waals surface area contributed by atoms with Crippen LogP contribution < -0.4 is 0 Å². The lowest BCUT2D eigenvalue weighted by Crippen LogP contribution is -2.12. The molecule has 0 atom stereocenters. The smallest absolute Gasteiger partial charge is 0.296 e. The Balaban J connectivity index is 2.14. The minimum Gasteiger partial charge on any atom is -0.338 e. The molecule has 0 aromatic carbocycles. The van der Waals surface area contributed by atoms with Gasteiger partial charge in [-0.2, -0.15) is 4.98 Å². The Morgan fingerprint density at radius 3 is 2.88 bits per heavy atom. The summed E-state index contributed by atoms with van der Waals surface area (Å²) >= 11 is 0. The lowest BCUT2D eigenvalue weighted by Gasteiger charge is -1.92. The average Bonchev–Trinajstić information content (AvgIpc) is 2.78. The number of hydrogen-bond donors (Lipinski definition) is 0. The van der Waals surface area contributed by atoms with Crippen molar-refractivity contribution in [3.63, 3.8) is 0 Å². The molecule has 0 spiro atoms. The van der Waals surface area contributed by atoms with E-state index in [2.05, 4.69) is 24.6 Å². The summed E-state index contributed by atoms with van der Waals surface area (Å²) in [4.78, 5) is 22.2. The van der Waals surface area contributed by atoms with Gasteiger partial charge in [-0.25, -0.2) is 13.8 Å². The molecule has 2 aromatic heterocycles. The summed E-state index contributed by atoms with van der Waals surface area (Å²) in [5.41, 5.74) is 0.340. The number of rotatable bonds is 4. The van der Waals surface area contributed by atoms with Gasteiger partial charge in [-0.1, -0.05) is 5.16 Å². The summed E-state index contributed by atoms with van der Waals surface area (Å²) in [6.45, 7) is 0. The van der Waals surface area contributed by atoms with Crippen LogP contribution in [0, 0.1) is 0 Å². The molecule has 2 aromatic rings. The number of aromatic nitrogens is 4. The van der Waals surface area contributed by atoms with Gasteiger partial charge in [0.15, 0.2) is 0 Å². The van der Waals surface area contributed by atoms with Gasteiger partial charge in [-0.3, -0.25) is 9.78 Å². The molecule has 0 radical (unpaired) electrons. The maximum atomic E-state index is 12.0. The Kier molecular flexibility index (Phi) is 3.12. The van der Waals surface area contributed by atoms with Crippen LogP contribution in [0.5, 0.6) is 0 Å². The van der Waals surface area contributed by atoms with Crippen molar-refractivity contribution in [3.05, 3.63) is 24.5 Å². The first-order valence-electron chi connectivity index (χ1n) is 4.56. The quantitative estimate of drug-likeness (QED) is 0.789. The monoisotopic (exact) mass is 240 g/mol. The fraction of sp³-hybridized carbons (Fsp3) is 0.222. The molecule has 0 saturated carbocycles. The van der Waals surface area contributed by atoms with Crippen molar-refractivity contribution in [2.75, 3.05) is 0 Å². The Morgan fingerprint density at radius 1 is 1.41 bits per heavy atom. The molecule has 0 fully saturated rings. The van der Waals surface area contributed by atoms with Crippen LogP contribution in [0.3, 0.4) is 0 Å². The van der Waals surface area contributed by atoms with E-state index in [4.69, 9.17) is 0 Å². The maximum Gasteiger partial charge on any atom is 0.296 e. The third kappa shape index (κ3) is 2.65. The Labute approximate surface area is 93.7 Å². The van der Waals surface area contributed by atoms with Gasteiger partial charge in [-0.15, -0.1) is 0 Å². The Morgan fingerprint density at radius 2 is 2.24 bits per heavy atom. The van der Waals surface area contributed by atoms with Crippen LogP contribution in [0.2, 0.25) is 0 Å². The summed E-state index contributed by atoms with van der Waals surface area (Å²) < 4.78 is 28.6. The van der Waals surface area contributed by atoms with Crippen LogP contribution in [0.15, 0.2) is 23.1 Å². The lowest BCUT2D eigenvalue weighted by molar-refractivity contribution is -0.129. The molecule has 8 heteroatoms. The van der Waals surface area contributed by atoms with Crippen LogP contribution >= 0.6 is 0 Å². The highest BCUT2D eigenvalue weighted by molar-refractivity contribution is 5.82. The van der Waals surface area contributed by atoms with Crippen LogP contribution in [0.4, 0.5) is 8.78 Å². The fourth-order valence-electron chi connectivity index (χ4n) is 1.07. The van der Waals surface area contributed by atoms with Crippen molar-refractivity contribution in [2.24, 2.45) is 0 Å². The molecule has 88 valence electrons. The van der Waals surface area contributed by atoms with Gasteiger partial charge in [0.2, 0.25) is 17.5 Å². The first-order valence-corrected chi connectivity index (χ1v) is 4.56. The third-order valence-corrected chi connectivity index (χ3v) is 1.83. The van der Waals surface area contributed by atoms with Crippen LogP contribution in [-0.2, 0) is 11.2 Å². The molecule has 0 bridgehead atoms. The fourth-order valence-corrected chi connectivity index (χ4v) is 1.07. The molecular formula is C9H6F2N4O2. The SMILES string of the molecule is O=C(Cc1nc(-c2cnccn2)no1)C(F)F. The zero-order valence-corrected chi connectivity index (χ0v) is 8.38. The van der Waals surface area contributed by atoms with E-state index in [0.717, 1.165) is 0 Å². The number of carbonyl (C=O) groups is 1. The number of Topliss-reactive ketones (excluding diaryl/α,β-unsaturated/α-hetero) is 1. The molecule has 2 rings (SSSR count). The number of hydrogen-bond acceptors (Lipinski definition) is 6. The molecule has 0 saturated heterocycles. The van der Waals surface area contributed by atoms with Gasteiger partial charge in [0.25, 0.3) is 6.43 Å². The second kappa shape index (κ2) is 4.73. The van der Waals surface area contributed by atoms with Crippen LogP contribution in [0.1, 0.15) is 5.89 Å². The van der Waals surface area contributed by atoms with Gasteiger partial charge >= 0.3 is 0 Å². The van der Waals surface area contributed by atoms with Crippen molar-refractivity contribution in [1.29, 1.82) is 0 Å². The average molecular weight is 240 g/mol. The molecule has 0 aliphatic heterocycles.